The lowest BCUT2D eigenvalue weighted by Crippen LogP contribution is -2.35. The predicted molar refractivity (Wildman–Crippen MR) is 72.2 cm³/mol. The first-order valence-electron chi connectivity index (χ1n) is 5.98. The number of benzene rings is 1. The molecule has 1 aromatic rings. The van der Waals surface area contributed by atoms with Crippen molar-refractivity contribution < 1.29 is 10.2 Å². The molecule has 0 radical (unpaired) electrons. The van der Waals surface area contributed by atoms with Gasteiger partial charge in [-0.3, -0.25) is 0 Å². The van der Waals surface area contributed by atoms with Crippen LogP contribution in [0.2, 0.25) is 0 Å². The number of anilines is 1. The largest absolute Gasteiger partial charge is 0.393 e. The number of aliphatic hydroxyl groups excluding tert-OH is 2. The molecule has 3 nitrogen and oxygen atoms in total. The summed E-state index contributed by atoms with van der Waals surface area (Å²) in [6.45, 7) is 3.54. The maximum absolute atomic E-state index is 9.56. The van der Waals surface area contributed by atoms with Gasteiger partial charge < -0.3 is 15.1 Å². The second-order valence-corrected chi connectivity index (χ2v) is 5.45. The van der Waals surface area contributed by atoms with Gasteiger partial charge in [-0.25, -0.2) is 0 Å². The number of rotatable bonds is 2. The summed E-state index contributed by atoms with van der Waals surface area (Å²) in [5.41, 5.74) is 2.05. The topological polar surface area (TPSA) is 43.7 Å². The van der Waals surface area contributed by atoms with E-state index in [0.717, 1.165) is 41.7 Å². The zero-order chi connectivity index (χ0) is 12.4. The molecule has 0 aliphatic carbocycles. The molecule has 1 aliphatic heterocycles. The van der Waals surface area contributed by atoms with Crippen molar-refractivity contribution in [3.05, 3.63) is 28.2 Å². The predicted octanol–water partition coefficient (Wildman–Crippen LogP) is 2.46. The Morgan fingerprint density at radius 3 is 2.53 bits per heavy atom. The maximum atomic E-state index is 9.56. The van der Waals surface area contributed by atoms with E-state index in [1.165, 1.54) is 0 Å². The third-order valence-electron chi connectivity index (χ3n) is 3.26. The first-order valence-corrected chi connectivity index (χ1v) is 6.77. The van der Waals surface area contributed by atoms with Gasteiger partial charge in [0, 0.05) is 23.2 Å². The molecule has 0 saturated carbocycles. The van der Waals surface area contributed by atoms with Gasteiger partial charge in [0.1, 0.15) is 0 Å². The molecular formula is C13H18BrNO2. The average molecular weight is 300 g/mol. The summed E-state index contributed by atoms with van der Waals surface area (Å²) in [5.74, 6) is 0. The minimum absolute atomic E-state index is 0.147. The van der Waals surface area contributed by atoms with Crippen molar-refractivity contribution in [3.8, 4) is 0 Å². The third kappa shape index (κ3) is 3.00. The highest BCUT2D eigenvalue weighted by atomic mass is 79.9. The summed E-state index contributed by atoms with van der Waals surface area (Å²) in [5, 5.41) is 19.0. The Hall–Kier alpha value is -0.580. The molecule has 1 aliphatic rings. The second kappa shape index (κ2) is 5.38. The van der Waals surface area contributed by atoms with Crippen molar-refractivity contribution in [2.75, 3.05) is 18.0 Å². The van der Waals surface area contributed by atoms with E-state index in [1.807, 2.05) is 18.2 Å². The molecule has 1 saturated heterocycles. The normalized spacial score (nSPS) is 19.4. The van der Waals surface area contributed by atoms with Crippen LogP contribution in [0.1, 0.15) is 31.4 Å². The Morgan fingerprint density at radius 2 is 2.00 bits per heavy atom. The van der Waals surface area contributed by atoms with Gasteiger partial charge in [0.2, 0.25) is 0 Å². The lowest BCUT2D eigenvalue weighted by atomic mass is 10.1. The van der Waals surface area contributed by atoms with Gasteiger partial charge in [0.15, 0.2) is 0 Å². The number of halogens is 1. The van der Waals surface area contributed by atoms with Crippen molar-refractivity contribution in [2.24, 2.45) is 0 Å². The van der Waals surface area contributed by atoms with E-state index in [1.54, 1.807) is 6.92 Å². The van der Waals surface area contributed by atoms with Gasteiger partial charge in [-0.1, -0.05) is 22.0 Å². The molecule has 2 N–H and O–H groups in total. The van der Waals surface area contributed by atoms with Gasteiger partial charge in [-0.05, 0) is 37.5 Å². The van der Waals surface area contributed by atoms with Crippen LogP contribution in [0.3, 0.4) is 0 Å². The number of piperidine rings is 1. The molecule has 0 amide bonds. The van der Waals surface area contributed by atoms with E-state index in [0.29, 0.717) is 0 Å². The molecule has 0 aromatic heterocycles. The Morgan fingerprint density at radius 1 is 1.35 bits per heavy atom. The summed E-state index contributed by atoms with van der Waals surface area (Å²) in [4.78, 5) is 2.27. The molecule has 4 heteroatoms. The van der Waals surface area contributed by atoms with Crippen LogP contribution >= 0.6 is 15.9 Å². The highest BCUT2D eigenvalue weighted by Crippen LogP contribution is 2.29. The first-order chi connectivity index (χ1) is 8.08. The fourth-order valence-electron chi connectivity index (χ4n) is 2.18. The number of hydrogen-bond donors (Lipinski definition) is 2. The van der Waals surface area contributed by atoms with Gasteiger partial charge in [-0.15, -0.1) is 0 Å². The quantitative estimate of drug-likeness (QED) is 0.882. The minimum atomic E-state index is -0.457. The SMILES string of the molecule is C[C@H](O)c1ccc(N2CCC(O)CC2)cc1Br. The van der Waals surface area contributed by atoms with Gasteiger partial charge in [-0.2, -0.15) is 0 Å². The van der Waals surface area contributed by atoms with Crippen LogP contribution in [-0.4, -0.2) is 29.4 Å². The summed E-state index contributed by atoms with van der Waals surface area (Å²) in [6, 6.07) is 6.03. The molecule has 0 unspecified atom stereocenters. The summed E-state index contributed by atoms with van der Waals surface area (Å²) in [6.07, 6.45) is 1.05. The molecule has 17 heavy (non-hydrogen) atoms. The molecular weight excluding hydrogens is 282 g/mol. The number of aliphatic hydroxyl groups is 2. The van der Waals surface area contributed by atoms with Crippen LogP contribution in [0.4, 0.5) is 5.69 Å². The monoisotopic (exact) mass is 299 g/mol. The zero-order valence-corrected chi connectivity index (χ0v) is 11.5. The first kappa shape index (κ1) is 12.9. The van der Waals surface area contributed by atoms with Crippen molar-refractivity contribution in [1.82, 2.24) is 0 Å². The van der Waals surface area contributed by atoms with Crippen molar-refractivity contribution in [1.29, 1.82) is 0 Å². The van der Waals surface area contributed by atoms with E-state index in [9.17, 15) is 10.2 Å². The lowest BCUT2D eigenvalue weighted by Gasteiger charge is -2.31. The highest BCUT2D eigenvalue weighted by Gasteiger charge is 2.18. The third-order valence-corrected chi connectivity index (χ3v) is 3.95. The number of hydrogen-bond acceptors (Lipinski definition) is 3. The standard InChI is InChI=1S/C13H18BrNO2/c1-9(16)12-3-2-10(8-13(12)14)15-6-4-11(17)5-7-15/h2-3,8-9,11,16-17H,4-7H2,1H3/t9-/m0/s1. The van der Waals surface area contributed by atoms with Crippen molar-refractivity contribution >= 4 is 21.6 Å². The summed E-state index contributed by atoms with van der Waals surface area (Å²) < 4.78 is 0.941. The van der Waals surface area contributed by atoms with Crippen LogP contribution < -0.4 is 4.90 Å². The van der Waals surface area contributed by atoms with Crippen LogP contribution in [0.25, 0.3) is 0 Å². The van der Waals surface area contributed by atoms with E-state index >= 15 is 0 Å². The van der Waals surface area contributed by atoms with E-state index in [2.05, 4.69) is 20.8 Å². The lowest BCUT2D eigenvalue weighted by molar-refractivity contribution is 0.145. The molecule has 94 valence electrons. The van der Waals surface area contributed by atoms with Crippen LogP contribution in [0, 0.1) is 0 Å². The summed E-state index contributed by atoms with van der Waals surface area (Å²) in [7, 11) is 0. The average Bonchev–Trinajstić information content (AvgIpc) is 2.29. The molecule has 1 fully saturated rings. The molecule has 1 aromatic carbocycles. The van der Waals surface area contributed by atoms with E-state index in [4.69, 9.17) is 0 Å². The van der Waals surface area contributed by atoms with Crippen LogP contribution in [-0.2, 0) is 0 Å². The Kier molecular flexibility index (Phi) is 4.07. The van der Waals surface area contributed by atoms with Gasteiger partial charge >= 0.3 is 0 Å². The van der Waals surface area contributed by atoms with Crippen molar-refractivity contribution in [3.63, 3.8) is 0 Å². The molecule has 2 rings (SSSR count). The van der Waals surface area contributed by atoms with E-state index in [-0.39, 0.29) is 6.10 Å². The molecule has 1 atom stereocenters. The van der Waals surface area contributed by atoms with E-state index < -0.39 is 6.10 Å². The van der Waals surface area contributed by atoms with Gasteiger partial charge in [0.05, 0.1) is 12.2 Å². The maximum Gasteiger partial charge on any atom is 0.0772 e. The second-order valence-electron chi connectivity index (χ2n) is 4.60. The Bertz CT molecular complexity index is 387. The smallest absolute Gasteiger partial charge is 0.0772 e. The van der Waals surface area contributed by atoms with Crippen molar-refractivity contribution in [2.45, 2.75) is 32.0 Å². The van der Waals surface area contributed by atoms with Crippen LogP contribution in [0.5, 0.6) is 0 Å². The number of nitrogens with zero attached hydrogens (tertiary/aromatic N) is 1. The fraction of sp³-hybridized carbons (Fsp3) is 0.538. The van der Waals surface area contributed by atoms with Gasteiger partial charge in [0.25, 0.3) is 0 Å². The molecule has 0 bridgehead atoms. The molecule has 1 heterocycles. The highest BCUT2D eigenvalue weighted by molar-refractivity contribution is 9.10. The minimum Gasteiger partial charge on any atom is -0.393 e. The molecule has 0 spiro atoms. The zero-order valence-electron chi connectivity index (χ0n) is 9.93. The fourth-order valence-corrected chi connectivity index (χ4v) is 2.87. The summed E-state index contributed by atoms with van der Waals surface area (Å²) >= 11 is 3.49. The Balaban J connectivity index is 2.14. The Labute approximate surface area is 110 Å². The van der Waals surface area contributed by atoms with Crippen LogP contribution in [0.15, 0.2) is 22.7 Å².